The van der Waals surface area contributed by atoms with E-state index < -0.39 is 6.04 Å². The Balaban J connectivity index is 1.55. The average molecular weight is 354 g/mol. The first kappa shape index (κ1) is 17.2. The smallest absolute Gasteiger partial charge is 0.251 e. The second-order valence-electron chi connectivity index (χ2n) is 5.77. The van der Waals surface area contributed by atoms with E-state index in [-0.39, 0.29) is 16.9 Å². The van der Waals surface area contributed by atoms with E-state index in [9.17, 15) is 14.4 Å². The summed E-state index contributed by atoms with van der Waals surface area (Å²) in [6, 6.07) is 15.7. The van der Waals surface area contributed by atoms with Crippen molar-refractivity contribution < 1.29 is 14.4 Å². The van der Waals surface area contributed by atoms with Crippen LogP contribution in [0.3, 0.4) is 0 Å². The molecule has 1 atom stereocenters. The molecular formula is C19H18N2O3S. The lowest BCUT2D eigenvalue weighted by atomic mass is 10.1. The molecule has 2 N–H and O–H groups in total. The lowest BCUT2D eigenvalue weighted by Gasteiger charge is -2.11. The van der Waals surface area contributed by atoms with Crippen molar-refractivity contribution in [2.75, 3.05) is 11.1 Å². The number of amides is 2. The lowest BCUT2D eigenvalue weighted by Crippen LogP contribution is -2.37. The molecule has 1 unspecified atom stereocenters. The van der Waals surface area contributed by atoms with Crippen LogP contribution in [0, 0.1) is 0 Å². The van der Waals surface area contributed by atoms with Gasteiger partial charge in [0.05, 0.1) is 12.5 Å². The first-order chi connectivity index (χ1) is 12.1. The Morgan fingerprint density at radius 2 is 1.76 bits per heavy atom. The summed E-state index contributed by atoms with van der Waals surface area (Å²) in [5.74, 6) is 0.357. The van der Waals surface area contributed by atoms with Crippen molar-refractivity contribution in [1.29, 1.82) is 0 Å². The summed E-state index contributed by atoms with van der Waals surface area (Å²) < 4.78 is 0. The van der Waals surface area contributed by atoms with Crippen LogP contribution in [-0.4, -0.2) is 28.7 Å². The quantitative estimate of drug-likeness (QED) is 0.865. The Hall–Kier alpha value is -2.60. The van der Waals surface area contributed by atoms with E-state index in [0.29, 0.717) is 24.1 Å². The normalized spacial score (nSPS) is 16.5. The van der Waals surface area contributed by atoms with E-state index in [1.165, 1.54) is 11.8 Å². The number of carbonyl (C=O) groups is 3. The molecule has 1 heterocycles. The van der Waals surface area contributed by atoms with Gasteiger partial charge in [-0.2, -0.15) is 0 Å². The summed E-state index contributed by atoms with van der Waals surface area (Å²) in [6.45, 7) is 0. The fourth-order valence-electron chi connectivity index (χ4n) is 2.56. The van der Waals surface area contributed by atoms with E-state index in [0.717, 1.165) is 11.3 Å². The number of hydrogen-bond acceptors (Lipinski definition) is 4. The number of benzene rings is 2. The van der Waals surface area contributed by atoms with Crippen molar-refractivity contribution in [3.8, 4) is 0 Å². The average Bonchev–Trinajstić information content (AvgIpc) is 3.01. The molecule has 2 amide bonds. The largest absolute Gasteiger partial charge is 0.341 e. The molecule has 25 heavy (non-hydrogen) atoms. The summed E-state index contributed by atoms with van der Waals surface area (Å²) in [6.07, 6.45) is 0.966. The predicted octanol–water partition coefficient (Wildman–Crippen LogP) is 2.63. The van der Waals surface area contributed by atoms with Crippen LogP contribution >= 0.6 is 11.8 Å². The molecule has 0 spiro atoms. The summed E-state index contributed by atoms with van der Waals surface area (Å²) in [5.41, 5.74) is 2.03. The van der Waals surface area contributed by atoms with Gasteiger partial charge in [0.25, 0.3) is 5.91 Å². The van der Waals surface area contributed by atoms with Gasteiger partial charge in [0.1, 0.15) is 0 Å². The summed E-state index contributed by atoms with van der Waals surface area (Å²) >= 11 is 1.25. The number of nitrogens with one attached hydrogen (secondary N) is 2. The predicted molar refractivity (Wildman–Crippen MR) is 98.6 cm³/mol. The Kier molecular flexibility index (Phi) is 5.50. The van der Waals surface area contributed by atoms with Gasteiger partial charge in [-0.1, -0.05) is 42.1 Å². The molecular weight excluding hydrogens is 336 g/mol. The van der Waals surface area contributed by atoms with Crippen molar-refractivity contribution in [3.05, 3.63) is 65.7 Å². The van der Waals surface area contributed by atoms with Gasteiger partial charge in [0.2, 0.25) is 11.0 Å². The summed E-state index contributed by atoms with van der Waals surface area (Å²) in [5, 5.41) is 5.56. The van der Waals surface area contributed by atoms with Crippen LogP contribution in [0.2, 0.25) is 0 Å². The topological polar surface area (TPSA) is 75.3 Å². The lowest BCUT2D eigenvalue weighted by molar-refractivity contribution is -0.115. The number of hydrogen-bond donors (Lipinski definition) is 2. The van der Waals surface area contributed by atoms with Crippen LogP contribution < -0.4 is 10.6 Å². The van der Waals surface area contributed by atoms with Crippen molar-refractivity contribution in [2.45, 2.75) is 18.9 Å². The van der Waals surface area contributed by atoms with Gasteiger partial charge < -0.3 is 10.6 Å². The molecule has 1 fully saturated rings. The zero-order chi connectivity index (χ0) is 17.6. The van der Waals surface area contributed by atoms with Crippen LogP contribution in [0.15, 0.2) is 54.6 Å². The first-order valence-electron chi connectivity index (χ1n) is 8.03. The van der Waals surface area contributed by atoms with Crippen LogP contribution in [0.25, 0.3) is 0 Å². The van der Waals surface area contributed by atoms with Crippen molar-refractivity contribution >= 4 is 34.4 Å². The molecule has 0 aromatic heterocycles. The second kappa shape index (κ2) is 7.98. The molecule has 1 saturated heterocycles. The maximum absolute atomic E-state index is 12.2. The van der Waals surface area contributed by atoms with E-state index in [2.05, 4.69) is 10.6 Å². The van der Waals surface area contributed by atoms with Crippen LogP contribution in [0.5, 0.6) is 0 Å². The minimum absolute atomic E-state index is 0.0122. The van der Waals surface area contributed by atoms with Gasteiger partial charge in [-0.05, 0) is 36.2 Å². The van der Waals surface area contributed by atoms with Crippen molar-refractivity contribution in [3.63, 3.8) is 0 Å². The summed E-state index contributed by atoms with van der Waals surface area (Å²) in [7, 11) is 0. The highest BCUT2D eigenvalue weighted by atomic mass is 32.2. The monoisotopic (exact) mass is 354 g/mol. The van der Waals surface area contributed by atoms with Crippen LogP contribution in [0.1, 0.15) is 22.3 Å². The number of thioether (sulfide) groups is 1. The minimum Gasteiger partial charge on any atom is -0.341 e. The maximum atomic E-state index is 12.2. The van der Waals surface area contributed by atoms with E-state index in [1.807, 2.05) is 30.3 Å². The molecule has 128 valence electrons. The highest BCUT2D eigenvalue weighted by Gasteiger charge is 2.26. The molecule has 2 aromatic carbocycles. The third-order valence-corrected chi connectivity index (χ3v) is 4.89. The summed E-state index contributed by atoms with van der Waals surface area (Å²) in [4.78, 5) is 35.8. The fraction of sp³-hybridized carbons (Fsp3) is 0.211. The Labute approximate surface area is 150 Å². The van der Waals surface area contributed by atoms with Crippen LogP contribution in [0.4, 0.5) is 5.69 Å². The van der Waals surface area contributed by atoms with Crippen molar-refractivity contribution in [2.24, 2.45) is 0 Å². The zero-order valence-electron chi connectivity index (χ0n) is 13.5. The van der Waals surface area contributed by atoms with Gasteiger partial charge in [0, 0.05) is 17.0 Å². The van der Waals surface area contributed by atoms with E-state index in [4.69, 9.17) is 0 Å². The highest BCUT2D eigenvalue weighted by molar-refractivity contribution is 8.14. The molecule has 6 heteroatoms. The van der Waals surface area contributed by atoms with Gasteiger partial charge in [-0.15, -0.1) is 0 Å². The van der Waals surface area contributed by atoms with Gasteiger partial charge in [-0.3, -0.25) is 14.4 Å². The molecule has 0 bridgehead atoms. The number of anilines is 1. The fourth-order valence-corrected chi connectivity index (χ4v) is 3.49. The van der Waals surface area contributed by atoms with E-state index >= 15 is 0 Å². The SMILES string of the molecule is O=C(Cc1ccccc1)Nc1ccc(C(=O)NC2CCSC2=O)cc1. The number of rotatable bonds is 5. The molecule has 0 radical (unpaired) electrons. The van der Waals surface area contributed by atoms with Crippen LogP contribution in [-0.2, 0) is 16.0 Å². The van der Waals surface area contributed by atoms with E-state index in [1.54, 1.807) is 24.3 Å². The molecule has 5 nitrogen and oxygen atoms in total. The molecule has 1 aliphatic rings. The standard InChI is InChI=1S/C19H18N2O3S/c22-17(12-13-4-2-1-3-5-13)20-15-8-6-14(7-9-15)18(23)21-16-10-11-25-19(16)24/h1-9,16H,10-12H2,(H,20,22)(H,21,23). The zero-order valence-corrected chi connectivity index (χ0v) is 14.3. The first-order valence-corrected chi connectivity index (χ1v) is 9.02. The third kappa shape index (κ3) is 4.70. The third-order valence-electron chi connectivity index (χ3n) is 3.88. The Morgan fingerprint density at radius 1 is 1.04 bits per heavy atom. The second-order valence-corrected chi connectivity index (χ2v) is 6.87. The molecule has 3 rings (SSSR count). The highest BCUT2D eigenvalue weighted by Crippen LogP contribution is 2.20. The van der Waals surface area contributed by atoms with Gasteiger partial charge >= 0.3 is 0 Å². The maximum Gasteiger partial charge on any atom is 0.251 e. The van der Waals surface area contributed by atoms with Gasteiger partial charge in [-0.25, -0.2) is 0 Å². The molecule has 0 saturated carbocycles. The van der Waals surface area contributed by atoms with Crippen molar-refractivity contribution in [1.82, 2.24) is 5.32 Å². The number of carbonyl (C=O) groups excluding carboxylic acids is 3. The molecule has 2 aromatic rings. The molecule has 0 aliphatic carbocycles. The Morgan fingerprint density at radius 3 is 2.40 bits per heavy atom. The minimum atomic E-state index is -0.400. The van der Waals surface area contributed by atoms with Gasteiger partial charge in [0.15, 0.2) is 0 Å². The molecule has 1 aliphatic heterocycles. The Bertz CT molecular complexity index is 775.